The normalized spacial score (nSPS) is 11.4. The molecule has 2 heterocycles. The molecule has 0 saturated carbocycles. The molecular formula is C27H16I2N2O. The van der Waals surface area contributed by atoms with Crippen LogP contribution in [0.3, 0.4) is 0 Å². The van der Waals surface area contributed by atoms with Crippen LogP contribution in [0.1, 0.15) is 0 Å². The van der Waals surface area contributed by atoms with Crippen molar-refractivity contribution >= 4 is 67.0 Å². The molecule has 6 aromatic rings. The van der Waals surface area contributed by atoms with Crippen molar-refractivity contribution in [1.82, 2.24) is 9.72 Å². The first-order valence-corrected chi connectivity index (χ1v) is 12.4. The summed E-state index contributed by atoms with van der Waals surface area (Å²) in [5.41, 5.74) is 6.46. The maximum atomic E-state index is 5.59. The number of hydrogen-bond donors (Lipinski definition) is 0. The molecule has 2 aromatic heterocycles. The van der Waals surface area contributed by atoms with E-state index in [9.17, 15) is 0 Å². The Morgan fingerprint density at radius 2 is 1.25 bits per heavy atom. The van der Waals surface area contributed by atoms with E-state index < -0.39 is 0 Å². The van der Waals surface area contributed by atoms with Crippen molar-refractivity contribution in [1.29, 1.82) is 0 Å². The molecular weight excluding hydrogens is 622 g/mol. The van der Waals surface area contributed by atoms with Gasteiger partial charge in [0.05, 0.1) is 11.0 Å². The summed E-state index contributed by atoms with van der Waals surface area (Å²) in [5, 5.41) is 6.83. The van der Waals surface area contributed by atoms with Crippen molar-refractivity contribution < 1.29 is 4.52 Å². The molecule has 5 heteroatoms. The summed E-state index contributed by atoms with van der Waals surface area (Å²) in [6, 6.07) is 33.9. The van der Waals surface area contributed by atoms with Gasteiger partial charge in [0.25, 0.3) is 0 Å². The van der Waals surface area contributed by atoms with Crippen LogP contribution in [-0.4, -0.2) is 9.72 Å². The lowest BCUT2D eigenvalue weighted by Crippen LogP contribution is -1.94. The third-order valence-electron chi connectivity index (χ3n) is 5.68. The minimum Gasteiger partial charge on any atom is -0.356 e. The molecule has 3 nitrogen and oxygen atoms in total. The SMILES string of the molecule is Ic1ccc2c3ccc(I)cc3n(-c3ccc(-c4cc(-c5ccccc5)on4)cc3)c2c1. The first-order chi connectivity index (χ1) is 15.7. The van der Waals surface area contributed by atoms with Gasteiger partial charge in [0.1, 0.15) is 5.69 Å². The Morgan fingerprint density at radius 3 is 1.88 bits per heavy atom. The van der Waals surface area contributed by atoms with E-state index in [0.717, 1.165) is 28.3 Å². The third kappa shape index (κ3) is 3.44. The van der Waals surface area contributed by atoms with Crippen LogP contribution in [0.2, 0.25) is 0 Å². The van der Waals surface area contributed by atoms with Crippen molar-refractivity contribution in [2.24, 2.45) is 0 Å². The van der Waals surface area contributed by atoms with Gasteiger partial charge < -0.3 is 9.09 Å². The number of halogens is 2. The second-order valence-electron chi connectivity index (χ2n) is 7.65. The van der Waals surface area contributed by atoms with Crippen LogP contribution in [0.5, 0.6) is 0 Å². The molecule has 0 unspecified atom stereocenters. The molecule has 0 aliphatic heterocycles. The highest BCUT2D eigenvalue weighted by Gasteiger charge is 2.14. The molecule has 0 aliphatic rings. The van der Waals surface area contributed by atoms with Crippen LogP contribution in [-0.2, 0) is 0 Å². The average Bonchev–Trinajstić information content (AvgIpc) is 3.42. The van der Waals surface area contributed by atoms with Gasteiger partial charge in [-0.3, -0.25) is 0 Å². The lowest BCUT2D eigenvalue weighted by Gasteiger charge is -2.09. The van der Waals surface area contributed by atoms with Gasteiger partial charge in [-0.1, -0.05) is 59.8 Å². The monoisotopic (exact) mass is 638 g/mol. The Labute approximate surface area is 212 Å². The van der Waals surface area contributed by atoms with E-state index in [2.05, 4.69) is 116 Å². The van der Waals surface area contributed by atoms with E-state index in [-0.39, 0.29) is 0 Å². The van der Waals surface area contributed by atoms with Gasteiger partial charge in [0.2, 0.25) is 0 Å². The number of aromatic nitrogens is 2. The first kappa shape index (κ1) is 20.0. The fourth-order valence-electron chi connectivity index (χ4n) is 4.17. The molecule has 4 aromatic carbocycles. The second kappa shape index (κ2) is 8.04. The van der Waals surface area contributed by atoms with E-state index in [1.807, 2.05) is 36.4 Å². The van der Waals surface area contributed by atoms with Crippen LogP contribution in [0, 0.1) is 7.14 Å². The van der Waals surface area contributed by atoms with E-state index in [1.54, 1.807) is 0 Å². The van der Waals surface area contributed by atoms with Crippen molar-refractivity contribution in [3.05, 3.63) is 104 Å². The largest absolute Gasteiger partial charge is 0.356 e. The zero-order valence-electron chi connectivity index (χ0n) is 16.8. The van der Waals surface area contributed by atoms with E-state index in [1.165, 1.54) is 28.9 Å². The molecule has 0 bridgehead atoms. The van der Waals surface area contributed by atoms with Crippen LogP contribution in [0.15, 0.2) is 102 Å². The van der Waals surface area contributed by atoms with E-state index in [0.29, 0.717) is 0 Å². The Bertz CT molecular complexity index is 1520. The van der Waals surface area contributed by atoms with Crippen molar-refractivity contribution in [3.63, 3.8) is 0 Å². The number of rotatable bonds is 3. The van der Waals surface area contributed by atoms with Crippen LogP contribution in [0.4, 0.5) is 0 Å². The standard InChI is InChI=1S/C27H16I2N2O/c28-19-8-12-22-23-13-9-20(29)15-26(23)31(25(22)14-19)21-10-6-17(7-11-21)24-16-27(32-30-24)18-4-2-1-3-5-18/h1-16H. The van der Waals surface area contributed by atoms with Crippen molar-refractivity contribution in [2.75, 3.05) is 0 Å². The zero-order chi connectivity index (χ0) is 21.7. The minimum absolute atomic E-state index is 0.774. The summed E-state index contributed by atoms with van der Waals surface area (Å²) < 4.78 is 10.4. The first-order valence-electron chi connectivity index (χ1n) is 10.2. The second-order valence-corrected chi connectivity index (χ2v) is 10.1. The molecule has 32 heavy (non-hydrogen) atoms. The molecule has 0 N–H and O–H groups in total. The van der Waals surface area contributed by atoms with Gasteiger partial charge in [-0.2, -0.15) is 0 Å². The minimum atomic E-state index is 0.774. The van der Waals surface area contributed by atoms with Gasteiger partial charge in [-0.15, -0.1) is 0 Å². The predicted octanol–water partition coefficient (Wildman–Crippen LogP) is 8.31. The molecule has 6 rings (SSSR count). The molecule has 0 radical (unpaired) electrons. The van der Waals surface area contributed by atoms with Crippen LogP contribution in [0.25, 0.3) is 50.1 Å². The van der Waals surface area contributed by atoms with Gasteiger partial charge in [0.15, 0.2) is 5.76 Å². The van der Waals surface area contributed by atoms with Crippen molar-refractivity contribution in [2.45, 2.75) is 0 Å². The predicted molar refractivity (Wildman–Crippen MR) is 147 cm³/mol. The van der Waals surface area contributed by atoms with Gasteiger partial charge in [-0.05, 0) is 81.6 Å². The summed E-state index contributed by atoms with van der Waals surface area (Å²) in [4.78, 5) is 0. The van der Waals surface area contributed by atoms with Crippen molar-refractivity contribution in [3.8, 4) is 28.3 Å². The Balaban J connectivity index is 1.46. The molecule has 0 saturated heterocycles. The molecule has 154 valence electrons. The highest BCUT2D eigenvalue weighted by Crippen LogP contribution is 2.34. The van der Waals surface area contributed by atoms with Gasteiger partial charge in [-0.25, -0.2) is 0 Å². The topological polar surface area (TPSA) is 31.0 Å². The summed E-state index contributed by atoms with van der Waals surface area (Å²) in [6.45, 7) is 0. The number of fused-ring (bicyclic) bond motifs is 3. The molecule has 0 atom stereocenters. The number of benzene rings is 4. The molecule has 0 amide bonds. The third-order valence-corrected chi connectivity index (χ3v) is 7.02. The molecule has 0 spiro atoms. The summed E-state index contributed by atoms with van der Waals surface area (Å²) in [6.07, 6.45) is 0. The molecule has 0 fully saturated rings. The highest BCUT2D eigenvalue weighted by molar-refractivity contribution is 14.1. The smallest absolute Gasteiger partial charge is 0.167 e. The van der Waals surface area contributed by atoms with E-state index in [4.69, 9.17) is 4.52 Å². The summed E-state index contributed by atoms with van der Waals surface area (Å²) in [5.74, 6) is 0.774. The van der Waals surface area contributed by atoms with Crippen LogP contribution < -0.4 is 0 Å². The van der Waals surface area contributed by atoms with E-state index >= 15 is 0 Å². The maximum absolute atomic E-state index is 5.59. The lowest BCUT2D eigenvalue weighted by molar-refractivity contribution is 0.435. The number of nitrogens with zero attached hydrogens (tertiary/aromatic N) is 2. The average molecular weight is 638 g/mol. The molecule has 0 aliphatic carbocycles. The van der Waals surface area contributed by atoms with Gasteiger partial charge >= 0.3 is 0 Å². The Morgan fingerprint density at radius 1 is 0.625 bits per heavy atom. The zero-order valence-corrected chi connectivity index (χ0v) is 21.1. The highest BCUT2D eigenvalue weighted by atomic mass is 127. The Hall–Kier alpha value is -2.65. The van der Waals surface area contributed by atoms with Crippen LogP contribution >= 0.6 is 45.2 Å². The lowest BCUT2D eigenvalue weighted by atomic mass is 10.1. The quantitative estimate of drug-likeness (QED) is 0.183. The fraction of sp³-hybridized carbons (Fsp3) is 0. The fourth-order valence-corrected chi connectivity index (χ4v) is 5.12. The van der Waals surface area contributed by atoms with Gasteiger partial charge in [0, 0.05) is 40.8 Å². The number of hydrogen-bond acceptors (Lipinski definition) is 2. The summed E-state index contributed by atoms with van der Waals surface area (Å²) >= 11 is 4.76. The maximum Gasteiger partial charge on any atom is 0.167 e. The summed E-state index contributed by atoms with van der Waals surface area (Å²) in [7, 11) is 0. The Kier molecular flexibility index (Phi) is 5.02.